The van der Waals surface area contributed by atoms with Crippen molar-refractivity contribution >= 4 is 30.5 Å². The number of hydrogen-bond donors (Lipinski definition) is 1. The van der Waals surface area contributed by atoms with Gasteiger partial charge in [-0.3, -0.25) is 15.0 Å². The van der Waals surface area contributed by atoms with Crippen molar-refractivity contribution in [2.75, 3.05) is 26.2 Å². The van der Waals surface area contributed by atoms with Crippen molar-refractivity contribution in [2.24, 2.45) is 0 Å². The van der Waals surface area contributed by atoms with Crippen LogP contribution in [0.2, 0.25) is 0 Å². The van der Waals surface area contributed by atoms with Gasteiger partial charge in [-0.05, 0) is 12.5 Å². The molecule has 0 amide bonds. The molecule has 1 atom stereocenters. The Labute approximate surface area is 140 Å². The van der Waals surface area contributed by atoms with Gasteiger partial charge in [0.15, 0.2) is 0 Å². The normalized spacial score (nSPS) is 16.5. The van der Waals surface area contributed by atoms with Crippen LogP contribution < -0.4 is 5.32 Å². The molecule has 2 rings (SSSR count). The van der Waals surface area contributed by atoms with Gasteiger partial charge in [-0.2, -0.15) is 0 Å². The van der Waals surface area contributed by atoms with Gasteiger partial charge in [0.2, 0.25) is 0 Å². The minimum absolute atomic E-state index is 0. The Balaban J connectivity index is 0.00000220. The number of nitrogens with zero attached hydrogens (tertiary/aromatic N) is 2. The predicted octanol–water partition coefficient (Wildman–Crippen LogP) is 2.96. The third-order valence-electron chi connectivity index (χ3n) is 3.56. The average molecular weight is 358 g/mol. The largest absolute Gasteiger partial charge is 0.314 e. The minimum atomic E-state index is -2.57. The van der Waals surface area contributed by atoms with Gasteiger partial charge in [-0.15, -0.1) is 24.8 Å². The smallest absolute Gasteiger partial charge is 0.272 e. The predicted molar refractivity (Wildman–Crippen MR) is 85.5 cm³/mol. The van der Waals surface area contributed by atoms with Gasteiger partial charge < -0.3 is 5.32 Å². The molecule has 0 radical (unpaired) electrons. The zero-order chi connectivity index (χ0) is 14.7. The molecule has 1 aromatic carbocycles. The number of halogens is 4. The molecule has 1 fully saturated rings. The summed E-state index contributed by atoms with van der Waals surface area (Å²) in [6.45, 7) is 3.92. The first-order chi connectivity index (χ1) is 9.50. The first kappa shape index (κ1) is 21.0. The lowest BCUT2D eigenvalue weighted by Gasteiger charge is -2.34. The van der Waals surface area contributed by atoms with Crippen LogP contribution in [0.3, 0.4) is 0 Å². The van der Waals surface area contributed by atoms with Crippen LogP contribution in [0.25, 0.3) is 0 Å². The van der Waals surface area contributed by atoms with Crippen LogP contribution in [0.15, 0.2) is 18.2 Å². The lowest BCUT2D eigenvalue weighted by molar-refractivity contribution is -0.385. The van der Waals surface area contributed by atoms with Gasteiger partial charge in [0.05, 0.1) is 11.0 Å². The molecular weight excluding hydrogens is 339 g/mol. The van der Waals surface area contributed by atoms with Gasteiger partial charge in [0.1, 0.15) is 0 Å². The second kappa shape index (κ2) is 9.19. The Kier molecular flexibility index (Phi) is 8.77. The van der Waals surface area contributed by atoms with E-state index in [0.29, 0.717) is 37.3 Å². The molecule has 1 saturated heterocycles. The summed E-state index contributed by atoms with van der Waals surface area (Å²) >= 11 is 0. The monoisotopic (exact) mass is 357 g/mol. The zero-order valence-electron chi connectivity index (χ0n) is 12.0. The van der Waals surface area contributed by atoms with Gasteiger partial charge in [-0.1, -0.05) is 12.1 Å². The van der Waals surface area contributed by atoms with Crippen LogP contribution in [0.1, 0.15) is 17.2 Å². The Morgan fingerprint density at radius 2 is 1.86 bits per heavy atom. The molecule has 1 aliphatic heterocycles. The summed E-state index contributed by atoms with van der Waals surface area (Å²) in [6, 6.07) is 3.27. The molecule has 1 aliphatic rings. The molecule has 1 aromatic rings. The van der Waals surface area contributed by atoms with E-state index in [4.69, 9.17) is 0 Å². The number of nitro benzene ring substituents is 1. The van der Waals surface area contributed by atoms with E-state index in [2.05, 4.69) is 5.32 Å². The Morgan fingerprint density at radius 3 is 2.36 bits per heavy atom. The molecule has 22 heavy (non-hydrogen) atoms. The summed E-state index contributed by atoms with van der Waals surface area (Å²) in [5, 5.41) is 14.0. The van der Waals surface area contributed by atoms with Gasteiger partial charge in [0, 0.05) is 37.8 Å². The van der Waals surface area contributed by atoms with Crippen molar-refractivity contribution in [3.05, 3.63) is 39.4 Å². The summed E-state index contributed by atoms with van der Waals surface area (Å²) in [6.07, 6.45) is -2.57. The van der Waals surface area contributed by atoms with Crippen molar-refractivity contribution in [1.29, 1.82) is 0 Å². The number of alkyl halides is 2. The maximum atomic E-state index is 13.4. The lowest BCUT2D eigenvalue weighted by atomic mass is 10.0. The molecule has 5 nitrogen and oxygen atoms in total. The van der Waals surface area contributed by atoms with E-state index in [9.17, 15) is 18.9 Å². The molecule has 0 bridgehead atoms. The molecule has 0 saturated carbocycles. The molecule has 1 N–H and O–H groups in total. The van der Waals surface area contributed by atoms with E-state index < -0.39 is 17.4 Å². The molecule has 0 spiro atoms. The van der Waals surface area contributed by atoms with Gasteiger partial charge in [-0.25, -0.2) is 8.78 Å². The maximum absolute atomic E-state index is 13.4. The number of nitro groups is 1. The number of nitrogens with one attached hydrogen (secondary N) is 1. The van der Waals surface area contributed by atoms with Crippen LogP contribution in [0.5, 0.6) is 0 Å². The quantitative estimate of drug-likeness (QED) is 0.664. The molecule has 0 unspecified atom stereocenters. The minimum Gasteiger partial charge on any atom is -0.314 e. The van der Waals surface area contributed by atoms with Crippen molar-refractivity contribution in [1.82, 2.24) is 10.2 Å². The Morgan fingerprint density at radius 1 is 1.27 bits per heavy atom. The number of aryl methyl sites for hydroxylation is 1. The fourth-order valence-corrected chi connectivity index (χ4v) is 2.48. The third kappa shape index (κ3) is 4.74. The maximum Gasteiger partial charge on any atom is 0.272 e. The lowest BCUT2D eigenvalue weighted by Crippen LogP contribution is -2.46. The van der Waals surface area contributed by atoms with Gasteiger partial charge in [0.25, 0.3) is 12.1 Å². The fourth-order valence-electron chi connectivity index (χ4n) is 2.48. The summed E-state index contributed by atoms with van der Waals surface area (Å²) < 4.78 is 26.7. The molecule has 126 valence electrons. The first-order valence-electron chi connectivity index (χ1n) is 6.48. The van der Waals surface area contributed by atoms with Crippen molar-refractivity contribution in [3.8, 4) is 0 Å². The van der Waals surface area contributed by atoms with Crippen LogP contribution in [0.4, 0.5) is 14.5 Å². The van der Waals surface area contributed by atoms with Crippen LogP contribution in [-0.4, -0.2) is 42.4 Å². The average Bonchev–Trinajstić information content (AvgIpc) is 2.41. The van der Waals surface area contributed by atoms with Crippen LogP contribution >= 0.6 is 24.8 Å². The summed E-state index contributed by atoms with van der Waals surface area (Å²) in [7, 11) is 0. The number of benzene rings is 1. The van der Waals surface area contributed by atoms with E-state index in [1.54, 1.807) is 17.9 Å². The Bertz CT molecular complexity index is 500. The SMILES string of the molecule is Cc1ccc([C@H](C(F)F)N2CCNCC2)cc1[N+](=O)[O-].Cl.Cl. The summed E-state index contributed by atoms with van der Waals surface area (Å²) in [5.74, 6) is 0. The van der Waals surface area contributed by atoms with Crippen molar-refractivity contribution in [2.45, 2.75) is 19.4 Å². The molecule has 9 heteroatoms. The Hall–Kier alpha value is -1.02. The zero-order valence-corrected chi connectivity index (χ0v) is 13.6. The third-order valence-corrected chi connectivity index (χ3v) is 3.56. The van der Waals surface area contributed by atoms with E-state index in [1.165, 1.54) is 12.1 Å². The number of rotatable bonds is 4. The molecule has 0 aliphatic carbocycles. The molecular formula is C13H19Cl2F2N3O2. The molecule has 1 heterocycles. The highest BCUT2D eigenvalue weighted by Gasteiger charge is 2.31. The first-order valence-corrected chi connectivity index (χ1v) is 6.48. The summed E-state index contributed by atoms with van der Waals surface area (Å²) in [5.41, 5.74) is 0.676. The highest BCUT2D eigenvalue weighted by Crippen LogP contribution is 2.31. The van der Waals surface area contributed by atoms with E-state index in [-0.39, 0.29) is 30.5 Å². The van der Waals surface area contributed by atoms with E-state index in [0.717, 1.165) is 0 Å². The number of hydrogen-bond acceptors (Lipinski definition) is 4. The van der Waals surface area contributed by atoms with Crippen molar-refractivity contribution < 1.29 is 13.7 Å². The standard InChI is InChI=1S/C13H17F2N3O2.2ClH/c1-9-2-3-10(8-11(9)18(19)20)12(13(14)15)17-6-4-16-5-7-17;;/h2-3,8,12-13,16H,4-7H2,1H3;2*1H/t12-;;/m1../s1. The van der Waals surface area contributed by atoms with Crippen LogP contribution in [0, 0.1) is 17.0 Å². The topological polar surface area (TPSA) is 58.4 Å². The van der Waals surface area contributed by atoms with Gasteiger partial charge >= 0.3 is 0 Å². The highest BCUT2D eigenvalue weighted by molar-refractivity contribution is 5.85. The second-order valence-corrected chi connectivity index (χ2v) is 4.87. The number of piperazine rings is 1. The van der Waals surface area contributed by atoms with Crippen LogP contribution in [-0.2, 0) is 0 Å². The van der Waals surface area contributed by atoms with E-state index >= 15 is 0 Å². The van der Waals surface area contributed by atoms with E-state index in [1.807, 2.05) is 0 Å². The molecule has 0 aromatic heterocycles. The van der Waals surface area contributed by atoms with Crippen molar-refractivity contribution in [3.63, 3.8) is 0 Å². The highest BCUT2D eigenvalue weighted by atomic mass is 35.5. The second-order valence-electron chi connectivity index (χ2n) is 4.87. The fraction of sp³-hybridized carbons (Fsp3) is 0.538. The summed E-state index contributed by atoms with van der Waals surface area (Å²) in [4.78, 5) is 12.1.